The Morgan fingerprint density at radius 2 is 0.880 bits per heavy atom. The zero-order valence-corrected chi connectivity index (χ0v) is 14.0. The maximum atomic E-state index is 8.38. The van der Waals surface area contributed by atoms with Gasteiger partial charge in [-0.15, -0.1) is 10.5 Å². The fourth-order valence-corrected chi connectivity index (χ4v) is 2.59. The molecular weight excluding hydrogens is 332 g/mol. The van der Waals surface area contributed by atoms with Crippen LogP contribution in [0, 0.1) is 23.0 Å². The van der Waals surface area contributed by atoms with Gasteiger partial charge in [-0.2, -0.15) is 0 Å². The van der Waals surface area contributed by atoms with E-state index in [9.17, 15) is 0 Å². The molecule has 3 aromatic carbocycles. The van der Waals surface area contributed by atoms with Crippen molar-refractivity contribution in [2.24, 2.45) is 0 Å². The van der Waals surface area contributed by atoms with Gasteiger partial charge in [0.15, 0.2) is 0 Å². The fourth-order valence-electron chi connectivity index (χ4n) is 1.78. The quantitative estimate of drug-likeness (QED) is 0.604. The number of benzene rings is 3. The SMILES string of the molecule is N#COc1ccc(Sc2ccc(OC#N)cc2)cc1.c1ccccc1. The first-order chi connectivity index (χ1) is 12.3. The Morgan fingerprint density at radius 1 is 0.560 bits per heavy atom. The largest absolute Gasteiger partial charge is 0.388 e. The van der Waals surface area contributed by atoms with Crippen LogP contribution in [-0.2, 0) is 0 Å². The first-order valence-electron chi connectivity index (χ1n) is 7.31. The lowest BCUT2D eigenvalue weighted by atomic mass is 10.3. The van der Waals surface area contributed by atoms with Crippen LogP contribution < -0.4 is 9.47 Å². The van der Waals surface area contributed by atoms with Crippen molar-refractivity contribution >= 4 is 11.8 Å². The predicted molar refractivity (Wildman–Crippen MR) is 95.9 cm³/mol. The number of rotatable bonds is 4. The van der Waals surface area contributed by atoms with Gasteiger partial charge in [-0.1, -0.05) is 48.2 Å². The Labute approximate surface area is 150 Å². The van der Waals surface area contributed by atoms with Crippen molar-refractivity contribution in [2.75, 3.05) is 0 Å². The average Bonchev–Trinajstić information content (AvgIpc) is 2.67. The maximum absolute atomic E-state index is 8.38. The van der Waals surface area contributed by atoms with Gasteiger partial charge < -0.3 is 9.47 Å². The highest BCUT2D eigenvalue weighted by molar-refractivity contribution is 7.99. The lowest BCUT2D eigenvalue weighted by Gasteiger charge is -2.03. The van der Waals surface area contributed by atoms with Crippen LogP contribution in [0.1, 0.15) is 0 Å². The van der Waals surface area contributed by atoms with E-state index in [-0.39, 0.29) is 0 Å². The predicted octanol–water partition coefficient (Wildman–Crippen LogP) is 5.24. The highest BCUT2D eigenvalue weighted by Crippen LogP contribution is 2.30. The normalized spacial score (nSPS) is 8.88. The van der Waals surface area contributed by atoms with E-state index in [2.05, 4.69) is 0 Å². The molecular formula is C20H14N2O2S. The maximum Gasteiger partial charge on any atom is 0.292 e. The Balaban J connectivity index is 0.000000316. The molecule has 0 aliphatic carbocycles. The summed E-state index contributed by atoms with van der Waals surface area (Å²) in [7, 11) is 0. The van der Waals surface area contributed by atoms with E-state index < -0.39 is 0 Å². The van der Waals surface area contributed by atoms with Gasteiger partial charge in [-0.3, -0.25) is 0 Å². The standard InChI is InChI=1S/C14H8N2O2S.C6H6/c15-9-17-11-1-5-13(6-2-11)19-14-7-3-12(4-8-14)18-10-16;1-2-4-6-5-3-1/h1-8H;1-6H. The Kier molecular flexibility index (Phi) is 7.45. The molecule has 0 radical (unpaired) electrons. The van der Waals surface area contributed by atoms with E-state index in [0.29, 0.717) is 11.5 Å². The summed E-state index contributed by atoms with van der Waals surface area (Å²) in [5.41, 5.74) is 0. The molecule has 3 rings (SSSR count). The van der Waals surface area contributed by atoms with Gasteiger partial charge in [0.25, 0.3) is 12.5 Å². The molecule has 5 heteroatoms. The second kappa shape index (κ2) is 10.4. The monoisotopic (exact) mass is 346 g/mol. The number of hydrogen-bond acceptors (Lipinski definition) is 5. The van der Waals surface area contributed by atoms with Gasteiger partial charge in [-0.25, -0.2) is 0 Å². The van der Waals surface area contributed by atoms with E-state index in [1.165, 1.54) is 0 Å². The van der Waals surface area contributed by atoms with Crippen LogP contribution >= 0.6 is 11.8 Å². The van der Waals surface area contributed by atoms with Crippen LogP contribution in [0.4, 0.5) is 0 Å². The molecule has 0 aromatic heterocycles. The molecule has 25 heavy (non-hydrogen) atoms. The average molecular weight is 346 g/mol. The van der Waals surface area contributed by atoms with E-state index in [1.807, 2.05) is 60.7 Å². The summed E-state index contributed by atoms with van der Waals surface area (Å²) in [4.78, 5) is 2.05. The van der Waals surface area contributed by atoms with Crippen LogP contribution in [-0.4, -0.2) is 0 Å². The van der Waals surface area contributed by atoms with E-state index in [1.54, 1.807) is 48.5 Å². The van der Waals surface area contributed by atoms with Crippen LogP contribution in [0.25, 0.3) is 0 Å². The molecule has 3 aromatic rings. The first kappa shape index (κ1) is 17.9. The van der Waals surface area contributed by atoms with E-state index in [4.69, 9.17) is 20.0 Å². The molecule has 0 aliphatic rings. The molecule has 0 unspecified atom stereocenters. The van der Waals surface area contributed by atoms with Crippen LogP contribution in [0.5, 0.6) is 11.5 Å². The summed E-state index contributed by atoms with van der Waals surface area (Å²) in [5, 5.41) is 16.8. The van der Waals surface area contributed by atoms with Crippen molar-refractivity contribution in [1.82, 2.24) is 0 Å². The Morgan fingerprint density at radius 3 is 1.16 bits per heavy atom. The number of ether oxygens (including phenoxy) is 2. The summed E-state index contributed by atoms with van der Waals surface area (Å²) in [6.07, 6.45) is 3.25. The summed E-state index contributed by atoms with van der Waals surface area (Å²) >= 11 is 1.56. The zero-order chi connectivity index (χ0) is 17.7. The molecule has 0 spiro atoms. The van der Waals surface area contributed by atoms with E-state index in [0.717, 1.165) is 9.79 Å². The van der Waals surface area contributed by atoms with Crippen molar-refractivity contribution in [3.63, 3.8) is 0 Å². The molecule has 0 N–H and O–H groups in total. The van der Waals surface area contributed by atoms with Gasteiger partial charge in [0.1, 0.15) is 11.5 Å². The minimum Gasteiger partial charge on any atom is -0.388 e. The van der Waals surface area contributed by atoms with Crippen molar-refractivity contribution in [3.05, 3.63) is 84.9 Å². The highest BCUT2D eigenvalue weighted by Gasteiger charge is 2.00. The van der Waals surface area contributed by atoms with Gasteiger partial charge in [0, 0.05) is 9.79 Å². The number of nitriles is 2. The molecule has 0 saturated heterocycles. The lowest BCUT2D eigenvalue weighted by molar-refractivity contribution is 0.506. The van der Waals surface area contributed by atoms with Gasteiger partial charge in [0.2, 0.25) is 0 Å². The van der Waals surface area contributed by atoms with Crippen molar-refractivity contribution < 1.29 is 9.47 Å². The Hall–Kier alpha value is -3.41. The molecule has 0 saturated carbocycles. The summed E-state index contributed by atoms with van der Waals surface area (Å²) in [6, 6.07) is 26.4. The number of nitrogens with zero attached hydrogens (tertiary/aromatic N) is 2. The van der Waals surface area contributed by atoms with Crippen LogP contribution in [0.3, 0.4) is 0 Å². The second-order valence-corrected chi connectivity index (χ2v) is 5.73. The molecule has 122 valence electrons. The highest BCUT2D eigenvalue weighted by atomic mass is 32.2. The first-order valence-corrected chi connectivity index (χ1v) is 8.13. The van der Waals surface area contributed by atoms with Crippen molar-refractivity contribution in [2.45, 2.75) is 9.79 Å². The molecule has 4 nitrogen and oxygen atoms in total. The third-order valence-electron chi connectivity index (χ3n) is 2.88. The van der Waals surface area contributed by atoms with Crippen molar-refractivity contribution in [3.8, 4) is 24.0 Å². The lowest BCUT2D eigenvalue weighted by Crippen LogP contribution is -1.82. The smallest absolute Gasteiger partial charge is 0.292 e. The third kappa shape index (κ3) is 6.70. The van der Waals surface area contributed by atoms with Gasteiger partial charge in [0.05, 0.1) is 0 Å². The zero-order valence-electron chi connectivity index (χ0n) is 13.2. The van der Waals surface area contributed by atoms with Gasteiger partial charge >= 0.3 is 0 Å². The number of hydrogen-bond donors (Lipinski definition) is 0. The molecule has 0 bridgehead atoms. The molecule has 0 amide bonds. The summed E-state index contributed by atoms with van der Waals surface area (Å²) < 4.78 is 9.41. The van der Waals surface area contributed by atoms with Gasteiger partial charge in [-0.05, 0) is 48.5 Å². The molecule has 0 fully saturated rings. The molecule has 0 heterocycles. The fraction of sp³-hybridized carbons (Fsp3) is 0. The summed E-state index contributed by atoms with van der Waals surface area (Å²) in [6.45, 7) is 0. The third-order valence-corrected chi connectivity index (χ3v) is 3.89. The molecule has 0 aliphatic heterocycles. The minimum absolute atomic E-state index is 0.518. The minimum atomic E-state index is 0.518. The Bertz CT molecular complexity index is 752. The topological polar surface area (TPSA) is 66.0 Å². The van der Waals surface area contributed by atoms with E-state index >= 15 is 0 Å². The van der Waals surface area contributed by atoms with Crippen LogP contribution in [0.15, 0.2) is 94.7 Å². The second-order valence-electron chi connectivity index (χ2n) is 4.59. The van der Waals surface area contributed by atoms with Crippen molar-refractivity contribution in [1.29, 1.82) is 10.5 Å². The summed E-state index contributed by atoms with van der Waals surface area (Å²) in [5.74, 6) is 1.04. The van der Waals surface area contributed by atoms with Crippen LogP contribution in [0.2, 0.25) is 0 Å². The molecule has 0 atom stereocenters.